The Bertz CT molecular complexity index is 789. The second-order valence-electron chi connectivity index (χ2n) is 4.65. The Balaban J connectivity index is 1.72. The van der Waals surface area contributed by atoms with E-state index in [4.69, 9.17) is 13.9 Å². The molecule has 3 aromatic rings. The van der Waals surface area contributed by atoms with Gasteiger partial charge >= 0.3 is 0 Å². The number of aromatic nitrogens is 2. The van der Waals surface area contributed by atoms with Crippen LogP contribution in [0.3, 0.4) is 0 Å². The average Bonchev–Trinajstić information content (AvgIpc) is 3.03. The number of hydrogen-bond acceptors (Lipinski definition) is 5. The minimum Gasteiger partial charge on any atom is -0.490 e. The van der Waals surface area contributed by atoms with E-state index in [0.717, 1.165) is 0 Å². The van der Waals surface area contributed by atoms with Crippen LogP contribution in [-0.4, -0.2) is 16.8 Å². The molecule has 0 aliphatic rings. The molecule has 2 aromatic carbocycles. The van der Waals surface area contributed by atoms with Gasteiger partial charge < -0.3 is 13.9 Å². The fourth-order valence-corrected chi connectivity index (χ4v) is 2.04. The molecular weight excluding hydrogens is 299 g/mol. The van der Waals surface area contributed by atoms with Crippen LogP contribution in [-0.2, 0) is 6.61 Å². The van der Waals surface area contributed by atoms with E-state index < -0.39 is 5.82 Å². The molecule has 0 fully saturated rings. The van der Waals surface area contributed by atoms with E-state index in [0.29, 0.717) is 18.1 Å². The minimum atomic E-state index is -0.412. The minimum absolute atomic E-state index is 0.0749. The molecule has 1 heterocycles. The lowest BCUT2D eigenvalue weighted by molar-refractivity contribution is 0.243. The van der Waals surface area contributed by atoms with E-state index in [1.807, 2.05) is 25.1 Å². The normalized spacial score (nSPS) is 10.5. The van der Waals surface area contributed by atoms with Crippen LogP contribution in [0.2, 0.25) is 0 Å². The zero-order chi connectivity index (χ0) is 16.1. The third kappa shape index (κ3) is 3.48. The summed E-state index contributed by atoms with van der Waals surface area (Å²) in [6.45, 7) is 2.51. The molecule has 0 aliphatic carbocycles. The van der Waals surface area contributed by atoms with Crippen LogP contribution in [0.15, 0.2) is 52.9 Å². The van der Waals surface area contributed by atoms with Crippen molar-refractivity contribution in [3.05, 3.63) is 60.2 Å². The molecule has 0 N–H and O–H groups in total. The summed E-state index contributed by atoms with van der Waals surface area (Å²) in [6.07, 6.45) is 0. The number of benzene rings is 2. The van der Waals surface area contributed by atoms with E-state index in [1.54, 1.807) is 24.3 Å². The molecule has 0 radical (unpaired) electrons. The average molecular weight is 314 g/mol. The van der Waals surface area contributed by atoms with Crippen LogP contribution in [0.4, 0.5) is 4.39 Å². The SMILES string of the molecule is CCOc1ccccc1OCc1nnc(-c2ccccc2F)o1. The summed E-state index contributed by atoms with van der Waals surface area (Å²) >= 11 is 0. The van der Waals surface area contributed by atoms with Crippen molar-refractivity contribution < 1.29 is 18.3 Å². The highest BCUT2D eigenvalue weighted by molar-refractivity contribution is 5.53. The van der Waals surface area contributed by atoms with Gasteiger partial charge in [0, 0.05) is 0 Å². The summed E-state index contributed by atoms with van der Waals surface area (Å²) in [4.78, 5) is 0. The number of rotatable bonds is 6. The highest BCUT2D eigenvalue weighted by Gasteiger charge is 2.13. The maximum absolute atomic E-state index is 13.7. The summed E-state index contributed by atoms with van der Waals surface area (Å²) < 4.78 is 30.3. The van der Waals surface area contributed by atoms with Crippen molar-refractivity contribution in [1.29, 1.82) is 0 Å². The molecule has 1 aromatic heterocycles. The van der Waals surface area contributed by atoms with Gasteiger partial charge in [-0.3, -0.25) is 0 Å². The fourth-order valence-electron chi connectivity index (χ4n) is 2.04. The Kier molecular flexibility index (Phi) is 4.52. The Hall–Kier alpha value is -2.89. The number of ether oxygens (including phenoxy) is 2. The molecule has 0 amide bonds. The van der Waals surface area contributed by atoms with Crippen LogP contribution < -0.4 is 9.47 Å². The third-order valence-corrected chi connectivity index (χ3v) is 3.07. The van der Waals surface area contributed by atoms with Crippen molar-refractivity contribution >= 4 is 0 Å². The molecule has 0 saturated heterocycles. The van der Waals surface area contributed by atoms with Crippen LogP contribution in [0.25, 0.3) is 11.5 Å². The standard InChI is InChI=1S/C17H15FN2O3/c1-2-21-14-9-5-6-10-15(14)22-11-16-19-20-17(23-16)12-7-3-4-8-13(12)18/h3-10H,2,11H2,1H3. The molecule has 0 unspecified atom stereocenters. The fraction of sp³-hybridized carbons (Fsp3) is 0.176. The first-order valence-electron chi connectivity index (χ1n) is 7.20. The lowest BCUT2D eigenvalue weighted by atomic mass is 10.2. The summed E-state index contributed by atoms with van der Waals surface area (Å²) in [5.74, 6) is 1.20. The van der Waals surface area contributed by atoms with E-state index in [-0.39, 0.29) is 24.0 Å². The van der Waals surface area contributed by atoms with Gasteiger partial charge in [-0.2, -0.15) is 0 Å². The van der Waals surface area contributed by atoms with Crippen LogP contribution in [0.1, 0.15) is 12.8 Å². The predicted octanol–water partition coefficient (Wildman–Crippen LogP) is 3.85. The van der Waals surface area contributed by atoms with Crippen molar-refractivity contribution in [1.82, 2.24) is 10.2 Å². The second-order valence-corrected chi connectivity index (χ2v) is 4.65. The van der Waals surface area contributed by atoms with Gasteiger partial charge in [-0.25, -0.2) is 4.39 Å². The van der Waals surface area contributed by atoms with Gasteiger partial charge in [-0.05, 0) is 31.2 Å². The van der Waals surface area contributed by atoms with Crippen molar-refractivity contribution in [2.45, 2.75) is 13.5 Å². The third-order valence-electron chi connectivity index (χ3n) is 3.07. The summed E-state index contributed by atoms with van der Waals surface area (Å²) in [5, 5.41) is 7.73. The van der Waals surface area contributed by atoms with E-state index in [9.17, 15) is 4.39 Å². The van der Waals surface area contributed by atoms with Gasteiger partial charge in [0.15, 0.2) is 18.1 Å². The molecule has 0 atom stereocenters. The van der Waals surface area contributed by atoms with Gasteiger partial charge in [0.1, 0.15) is 5.82 Å². The van der Waals surface area contributed by atoms with Gasteiger partial charge in [-0.1, -0.05) is 24.3 Å². The Morgan fingerprint density at radius 3 is 2.39 bits per heavy atom. The lowest BCUT2D eigenvalue weighted by Gasteiger charge is -2.09. The summed E-state index contributed by atoms with van der Waals surface area (Å²) in [6, 6.07) is 13.5. The van der Waals surface area contributed by atoms with E-state index in [1.165, 1.54) is 6.07 Å². The predicted molar refractivity (Wildman–Crippen MR) is 81.6 cm³/mol. The maximum Gasteiger partial charge on any atom is 0.254 e. The van der Waals surface area contributed by atoms with Gasteiger partial charge in [0.2, 0.25) is 0 Å². The topological polar surface area (TPSA) is 57.4 Å². The number of para-hydroxylation sites is 2. The number of hydrogen-bond donors (Lipinski definition) is 0. The highest BCUT2D eigenvalue weighted by atomic mass is 19.1. The Labute approximate surface area is 132 Å². The smallest absolute Gasteiger partial charge is 0.254 e. The van der Waals surface area contributed by atoms with Gasteiger partial charge in [-0.15, -0.1) is 10.2 Å². The molecule has 23 heavy (non-hydrogen) atoms. The molecular formula is C17H15FN2O3. The van der Waals surface area contributed by atoms with Crippen LogP contribution in [0.5, 0.6) is 11.5 Å². The molecule has 0 spiro atoms. The maximum atomic E-state index is 13.7. The Morgan fingerprint density at radius 1 is 0.957 bits per heavy atom. The van der Waals surface area contributed by atoms with Crippen LogP contribution >= 0.6 is 0 Å². The zero-order valence-electron chi connectivity index (χ0n) is 12.5. The highest BCUT2D eigenvalue weighted by Crippen LogP contribution is 2.27. The zero-order valence-corrected chi connectivity index (χ0v) is 12.5. The molecule has 6 heteroatoms. The number of halogens is 1. The summed E-state index contributed by atoms with van der Waals surface area (Å²) in [5.41, 5.74) is 0.265. The van der Waals surface area contributed by atoms with Gasteiger partial charge in [0.25, 0.3) is 11.8 Å². The molecule has 5 nitrogen and oxygen atoms in total. The van der Waals surface area contributed by atoms with Crippen molar-refractivity contribution in [3.8, 4) is 23.0 Å². The second kappa shape index (κ2) is 6.91. The first kappa shape index (κ1) is 15.0. The van der Waals surface area contributed by atoms with E-state index >= 15 is 0 Å². The molecule has 0 saturated carbocycles. The monoisotopic (exact) mass is 314 g/mol. The first-order chi connectivity index (χ1) is 11.3. The van der Waals surface area contributed by atoms with Crippen molar-refractivity contribution in [2.75, 3.05) is 6.61 Å². The van der Waals surface area contributed by atoms with Crippen molar-refractivity contribution in [2.24, 2.45) is 0 Å². The lowest BCUT2D eigenvalue weighted by Crippen LogP contribution is -1.99. The molecule has 0 bridgehead atoms. The first-order valence-corrected chi connectivity index (χ1v) is 7.20. The number of nitrogens with zero attached hydrogens (tertiary/aromatic N) is 2. The molecule has 118 valence electrons. The molecule has 3 rings (SSSR count). The van der Waals surface area contributed by atoms with Gasteiger partial charge in [0.05, 0.1) is 12.2 Å². The van der Waals surface area contributed by atoms with Crippen LogP contribution in [0, 0.1) is 5.82 Å². The van der Waals surface area contributed by atoms with Crippen molar-refractivity contribution in [3.63, 3.8) is 0 Å². The quantitative estimate of drug-likeness (QED) is 0.691. The molecule has 0 aliphatic heterocycles. The largest absolute Gasteiger partial charge is 0.490 e. The van der Waals surface area contributed by atoms with E-state index in [2.05, 4.69) is 10.2 Å². The Morgan fingerprint density at radius 2 is 1.65 bits per heavy atom. The summed E-state index contributed by atoms with van der Waals surface area (Å²) in [7, 11) is 0.